The van der Waals surface area contributed by atoms with Crippen LogP contribution in [-0.4, -0.2) is 24.7 Å². The second-order valence-corrected chi connectivity index (χ2v) is 5.60. The van der Waals surface area contributed by atoms with Gasteiger partial charge in [-0.25, -0.2) is 4.79 Å². The first-order valence-electron chi connectivity index (χ1n) is 5.63. The third kappa shape index (κ3) is 4.51. The summed E-state index contributed by atoms with van der Waals surface area (Å²) in [5.41, 5.74) is 5.67. The van der Waals surface area contributed by atoms with Gasteiger partial charge in [-0.3, -0.25) is 0 Å². The molecule has 0 heterocycles. The average molecular weight is 213 g/mol. The highest BCUT2D eigenvalue weighted by atomic mass is 16.2. The fraction of sp³-hybridized carbons (Fsp3) is 0.909. The highest BCUT2D eigenvalue weighted by Gasteiger charge is 2.41. The molecule has 0 atom stereocenters. The molecule has 1 aliphatic rings. The molecule has 4 heteroatoms. The van der Waals surface area contributed by atoms with Crippen molar-refractivity contribution in [1.82, 2.24) is 10.6 Å². The van der Waals surface area contributed by atoms with Crippen LogP contribution in [0.4, 0.5) is 4.79 Å². The van der Waals surface area contributed by atoms with Crippen molar-refractivity contribution in [2.24, 2.45) is 11.1 Å². The van der Waals surface area contributed by atoms with Gasteiger partial charge in [0.05, 0.1) is 0 Å². The molecule has 88 valence electrons. The second-order valence-electron chi connectivity index (χ2n) is 5.60. The SMILES string of the molecule is CC(C)(C)NC(=O)NCC1(CCN)CC1. The van der Waals surface area contributed by atoms with E-state index in [9.17, 15) is 4.79 Å². The average Bonchev–Trinajstić information content (AvgIpc) is 2.80. The van der Waals surface area contributed by atoms with E-state index in [2.05, 4.69) is 10.6 Å². The first-order chi connectivity index (χ1) is 6.87. The lowest BCUT2D eigenvalue weighted by Crippen LogP contribution is -2.47. The maximum absolute atomic E-state index is 11.5. The Morgan fingerprint density at radius 3 is 2.40 bits per heavy atom. The predicted octanol–water partition coefficient (Wildman–Crippen LogP) is 1.21. The van der Waals surface area contributed by atoms with Crippen molar-refractivity contribution < 1.29 is 4.79 Å². The van der Waals surface area contributed by atoms with Crippen molar-refractivity contribution in [1.29, 1.82) is 0 Å². The van der Waals surface area contributed by atoms with Gasteiger partial charge in [0.25, 0.3) is 0 Å². The van der Waals surface area contributed by atoms with Crippen LogP contribution in [0, 0.1) is 5.41 Å². The summed E-state index contributed by atoms with van der Waals surface area (Å²) < 4.78 is 0. The van der Waals surface area contributed by atoms with Crippen LogP contribution >= 0.6 is 0 Å². The van der Waals surface area contributed by atoms with Gasteiger partial charge in [-0.2, -0.15) is 0 Å². The van der Waals surface area contributed by atoms with Crippen LogP contribution in [0.1, 0.15) is 40.0 Å². The third-order valence-corrected chi connectivity index (χ3v) is 2.74. The van der Waals surface area contributed by atoms with Crippen molar-refractivity contribution in [2.45, 2.75) is 45.6 Å². The Bertz CT molecular complexity index is 228. The Hall–Kier alpha value is -0.770. The van der Waals surface area contributed by atoms with E-state index >= 15 is 0 Å². The molecule has 0 aliphatic heterocycles. The van der Waals surface area contributed by atoms with Gasteiger partial charge in [0.2, 0.25) is 0 Å². The molecule has 1 fully saturated rings. The number of urea groups is 1. The van der Waals surface area contributed by atoms with Crippen LogP contribution in [-0.2, 0) is 0 Å². The molecule has 1 rings (SSSR count). The van der Waals surface area contributed by atoms with E-state index in [4.69, 9.17) is 5.73 Å². The molecule has 1 saturated carbocycles. The number of rotatable bonds is 4. The van der Waals surface area contributed by atoms with Crippen molar-refractivity contribution in [2.75, 3.05) is 13.1 Å². The minimum Gasteiger partial charge on any atom is -0.338 e. The van der Waals surface area contributed by atoms with Gasteiger partial charge in [-0.15, -0.1) is 0 Å². The Kier molecular flexibility index (Phi) is 3.60. The zero-order chi connectivity index (χ0) is 11.5. The Morgan fingerprint density at radius 1 is 1.40 bits per heavy atom. The number of carbonyl (C=O) groups is 1. The molecule has 1 aliphatic carbocycles. The molecule has 0 aromatic carbocycles. The number of hydrogen-bond acceptors (Lipinski definition) is 2. The Morgan fingerprint density at radius 2 is 2.00 bits per heavy atom. The van der Waals surface area contributed by atoms with E-state index in [-0.39, 0.29) is 11.6 Å². The molecule has 0 spiro atoms. The van der Waals surface area contributed by atoms with Crippen LogP contribution in [0.3, 0.4) is 0 Å². The number of nitrogens with two attached hydrogens (primary N) is 1. The summed E-state index contributed by atoms with van der Waals surface area (Å²) in [4.78, 5) is 11.5. The van der Waals surface area contributed by atoms with Crippen LogP contribution in [0.2, 0.25) is 0 Å². The van der Waals surface area contributed by atoms with Gasteiger partial charge in [0.1, 0.15) is 0 Å². The maximum atomic E-state index is 11.5. The summed E-state index contributed by atoms with van der Waals surface area (Å²) >= 11 is 0. The van der Waals surface area contributed by atoms with Gasteiger partial charge in [-0.05, 0) is 52.0 Å². The zero-order valence-corrected chi connectivity index (χ0v) is 10.0. The molecule has 0 bridgehead atoms. The van der Waals surface area contributed by atoms with Crippen molar-refractivity contribution in [3.05, 3.63) is 0 Å². The molecule has 0 saturated heterocycles. The summed E-state index contributed by atoms with van der Waals surface area (Å²) in [7, 11) is 0. The quantitative estimate of drug-likeness (QED) is 0.657. The molecule has 4 nitrogen and oxygen atoms in total. The molecular formula is C11H23N3O. The molecule has 0 aromatic rings. The van der Waals surface area contributed by atoms with E-state index in [1.54, 1.807) is 0 Å². The first kappa shape index (κ1) is 12.3. The summed E-state index contributed by atoms with van der Waals surface area (Å²) in [6, 6.07) is -0.0780. The van der Waals surface area contributed by atoms with Crippen LogP contribution in [0.5, 0.6) is 0 Å². The van der Waals surface area contributed by atoms with Gasteiger partial charge < -0.3 is 16.4 Å². The summed E-state index contributed by atoms with van der Waals surface area (Å²) in [5, 5.41) is 5.80. The zero-order valence-electron chi connectivity index (χ0n) is 10.0. The molecule has 0 aromatic heterocycles. The van der Waals surface area contributed by atoms with E-state index < -0.39 is 0 Å². The number of nitrogens with one attached hydrogen (secondary N) is 2. The lowest BCUT2D eigenvalue weighted by atomic mass is 10.0. The van der Waals surface area contributed by atoms with Crippen LogP contribution < -0.4 is 16.4 Å². The number of carbonyl (C=O) groups excluding carboxylic acids is 1. The van der Waals surface area contributed by atoms with E-state index in [0.29, 0.717) is 12.0 Å². The minimum atomic E-state index is -0.172. The van der Waals surface area contributed by atoms with Gasteiger partial charge >= 0.3 is 6.03 Å². The predicted molar refractivity (Wildman–Crippen MR) is 61.6 cm³/mol. The van der Waals surface area contributed by atoms with Crippen LogP contribution in [0.15, 0.2) is 0 Å². The first-order valence-corrected chi connectivity index (χ1v) is 5.63. The maximum Gasteiger partial charge on any atom is 0.315 e. The normalized spacial score (nSPS) is 18.4. The van der Waals surface area contributed by atoms with Gasteiger partial charge in [-0.1, -0.05) is 0 Å². The molecule has 4 N–H and O–H groups in total. The van der Waals surface area contributed by atoms with Crippen LogP contribution in [0.25, 0.3) is 0 Å². The van der Waals surface area contributed by atoms with Gasteiger partial charge in [0, 0.05) is 12.1 Å². The lowest BCUT2D eigenvalue weighted by molar-refractivity contribution is 0.229. The number of hydrogen-bond donors (Lipinski definition) is 3. The van der Waals surface area contributed by atoms with E-state index in [0.717, 1.165) is 13.0 Å². The largest absolute Gasteiger partial charge is 0.338 e. The third-order valence-electron chi connectivity index (χ3n) is 2.74. The smallest absolute Gasteiger partial charge is 0.315 e. The molecule has 2 amide bonds. The molecule has 15 heavy (non-hydrogen) atoms. The lowest BCUT2D eigenvalue weighted by Gasteiger charge is -2.22. The molecule has 0 unspecified atom stereocenters. The molecular weight excluding hydrogens is 190 g/mol. The highest BCUT2D eigenvalue weighted by molar-refractivity contribution is 5.74. The number of amides is 2. The Balaban J connectivity index is 2.23. The van der Waals surface area contributed by atoms with E-state index in [1.165, 1.54) is 12.8 Å². The van der Waals surface area contributed by atoms with Crippen molar-refractivity contribution in [3.63, 3.8) is 0 Å². The fourth-order valence-electron chi connectivity index (χ4n) is 1.65. The Labute approximate surface area is 92.0 Å². The summed E-state index contributed by atoms with van der Waals surface area (Å²) in [5.74, 6) is 0. The summed E-state index contributed by atoms with van der Waals surface area (Å²) in [6.45, 7) is 7.38. The second kappa shape index (κ2) is 4.39. The fourth-order valence-corrected chi connectivity index (χ4v) is 1.65. The van der Waals surface area contributed by atoms with Crippen molar-refractivity contribution >= 4 is 6.03 Å². The minimum absolute atomic E-state index is 0.0780. The monoisotopic (exact) mass is 213 g/mol. The molecule has 0 radical (unpaired) electrons. The standard InChI is InChI=1S/C11H23N3O/c1-10(2,3)14-9(15)13-8-11(4-5-11)6-7-12/h4-8,12H2,1-3H3,(H2,13,14,15). The van der Waals surface area contributed by atoms with E-state index in [1.807, 2.05) is 20.8 Å². The topological polar surface area (TPSA) is 67.2 Å². The highest BCUT2D eigenvalue weighted by Crippen LogP contribution is 2.47. The van der Waals surface area contributed by atoms with Gasteiger partial charge in [0.15, 0.2) is 0 Å². The summed E-state index contributed by atoms with van der Waals surface area (Å²) in [6.07, 6.45) is 3.41. The van der Waals surface area contributed by atoms with Crippen molar-refractivity contribution in [3.8, 4) is 0 Å².